The Morgan fingerprint density at radius 2 is 2.12 bits per heavy atom. The van der Waals surface area contributed by atoms with Crippen LogP contribution in [0.3, 0.4) is 0 Å². The van der Waals surface area contributed by atoms with E-state index in [-0.39, 0.29) is 6.04 Å². The minimum Gasteiger partial charge on any atom is -0.360 e. The molecule has 26 heavy (non-hydrogen) atoms. The molecule has 2 unspecified atom stereocenters. The van der Waals surface area contributed by atoms with Gasteiger partial charge in [0.1, 0.15) is 5.76 Å². The number of hydrogen-bond acceptors (Lipinski definition) is 5. The van der Waals surface area contributed by atoms with Crippen molar-refractivity contribution in [3.63, 3.8) is 0 Å². The standard InChI is InChI=1S/C18H22F3N3OS/c1-12-9-17(22-25-12)24(15-10-14(15)16-3-2-8-26-16)13-4-6-23(7-5-13)11-18(19,20)21/h2-3,8-9,13-15H,4-7,10-11H2,1H3. The fraction of sp³-hybridized carbons (Fsp3) is 0.611. The molecule has 2 aromatic heterocycles. The quantitative estimate of drug-likeness (QED) is 0.762. The number of thiophene rings is 1. The van der Waals surface area contributed by atoms with Gasteiger partial charge in [-0.1, -0.05) is 11.2 Å². The van der Waals surface area contributed by atoms with Gasteiger partial charge in [0.05, 0.1) is 6.54 Å². The lowest BCUT2D eigenvalue weighted by molar-refractivity contribution is -0.147. The van der Waals surface area contributed by atoms with Crippen molar-refractivity contribution in [1.82, 2.24) is 10.1 Å². The minimum atomic E-state index is -4.13. The molecule has 0 amide bonds. The zero-order valence-electron chi connectivity index (χ0n) is 14.6. The first-order chi connectivity index (χ1) is 12.4. The summed E-state index contributed by atoms with van der Waals surface area (Å²) in [4.78, 5) is 5.19. The molecule has 0 spiro atoms. The van der Waals surface area contributed by atoms with Crippen molar-refractivity contribution < 1.29 is 17.7 Å². The Balaban J connectivity index is 1.47. The number of rotatable bonds is 5. The smallest absolute Gasteiger partial charge is 0.360 e. The van der Waals surface area contributed by atoms with Crippen molar-refractivity contribution in [2.24, 2.45) is 0 Å². The highest BCUT2D eigenvalue weighted by molar-refractivity contribution is 7.10. The average Bonchev–Trinajstić information content (AvgIpc) is 2.96. The van der Waals surface area contributed by atoms with E-state index in [1.807, 2.05) is 13.0 Å². The van der Waals surface area contributed by atoms with E-state index in [2.05, 4.69) is 27.6 Å². The molecule has 4 rings (SSSR count). The first-order valence-electron chi connectivity index (χ1n) is 8.95. The summed E-state index contributed by atoms with van der Waals surface area (Å²) >= 11 is 1.76. The zero-order chi connectivity index (χ0) is 18.3. The van der Waals surface area contributed by atoms with E-state index in [0.717, 1.165) is 30.8 Å². The number of hydrogen-bond donors (Lipinski definition) is 0. The molecule has 0 radical (unpaired) electrons. The van der Waals surface area contributed by atoms with Gasteiger partial charge in [-0.15, -0.1) is 11.3 Å². The average molecular weight is 385 g/mol. The highest BCUT2D eigenvalue weighted by Crippen LogP contribution is 2.49. The third kappa shape index (κ3) is 3.91. The molecule has 2 atom stereocenters. The van der Waals surface area contributed by atoms with Crippen molar-refractivity contribution in [1.29, 1.82) is 0 Å². The molecular formula is C18H22F3N3OS. The van der Waals surface area contributed by atoms with E-state index in [4.69, 9.17) is 4.52 Å². The second kappa shape index (κ2) is 6.88. The lowest BCUT2D eigenvalue weighted by Crippen LogP contribution is -2.48. The molecule has 142 valence electrons. The fourth-order valence-electron chi connectivity index (χ4n) is 4.01. The Morgan fingerprint density at radius 3 is 2.69 bits per heavy atom. The van der Waals surface area contributed by atoms with Crippen LogP contribution in [0.5, 0.6) is 0 Å². The first kappa shape index (κ1) is 17.9. The number of aryl methyl sites for hydroxylation is 1. The van der Waals surface area contributed by atoms with Gasteiger partial charge in [-0.3, -0.25) is 4.90 Å². The zero-order valence-corrected chi connectivity index (χ0v) is 15.4. The molecular weight excluding hydrogens is 363 g/mol. The Kier molecular flexibility index (Phi) is 4.73. The molecule has 2 aromatic rings. The summed E-state index contributed by atoms with van der Waals surface area (Å²) in [6, 6.07) is 6.73. The SMILES string of the molecule is Cc1cc(N(C2CCN(CC(F)(F)F)CC2)C2CC2c2cccs2)no1. The third-order valence-electron chi connectivity index (χ3n) is 5.26. The maximum atomic E-state index is 12.6. The lowest BCUT2D eigenvalue weighted by Gasteiger charge is -2.39. The Hall–Kier alpha value is -1.54. The molecule has 1 aliphatic carbocycles. The van der Waals surface area contributed by atoms with Gasteiger partial charge in [0.2, 0.25) is 0 Å². The summed E-state index contributed by atoms with van der Waals surface area (Å²) in [7, 11) is 0. The monoisotopic (exact) mass is 385 g/mol. The highest BCUT2D eigenvalue weighted by atomic mass is 32.1. The Morgan fingerprint density at radius 1 is 1.35 bits per heavy atom. The molecule has 3 heterocycles. The van der Waals surface area contributed by atoms with Crippen LogP contribution in [0.1, 0.15) is 35.8 Å². The van der Waals surface area contributed by atoms with Gasteiger partial charge in [-0.2, -0.15) is 13.2 Å². The summed E-state index contributed by atoms with van der Waals surface area (Å²) in [5.41, 5.74) is 0. The third-order valence-corrected chi connectivity index (χ3v) is 6.26. The molecule has 1 saturated heterocycles. The molecule has 2 aliphatic rings. The molecule has 0 N–H and O–H groups in total. The first-order valence-corrected chi connectivity index (χ1v) is 9.83. The molecule has 4 nitrogen and oxygen atoms in total. The molecule has 0 bridgehead atoms. The minimum absolute atomic E-state index is 0.207. The predicted octanol–water partition coefficient (Wildman–Crippen LogP) is 4.43. The van der Waals surface area contributed by atoms with Gasteiger partial charge in [0.15, 0.2) is 5.82 Å². The second-order valence-electron chi connectivity index (χ2n) is 7.25. The summed E-state index contributed by atoms with van der Waals surface area (Å²) in [5, 5.41) is 6.30. The normalized spacial score (nSPS) is 24.8. The Labute approximate surface area is 154 Å². The van der Waals surface area contributed by atoms with Gasteiger partial charge in [0.25, 0.3) is 0 Å². The lowest BCUT2D eigenvalue weighted by atomic mass is 10.0. The van der Waals surface area contributed by atoms with Crippen LogP contribution >= 0.6 is 11.3 Å². The van der Waals surface area contributed by atoms with Crippen LogP contribution < -0.4 is 4.90 Å². The summed E-state index contributed by atoms with van der Waals surface area (Å²) in [6.45, 7) is 1.98. The van der Waals surface area contributed by atoms with Crippen molar-refractivity contribution in [2.45, 2.75) is 50.4 Å². The number of halogens is 3. The van der Waals surface area contributed by atoms with E-state index >= 15 is 0 Å². The van der Waals surface area contributed by atoms with Crippen LogP contribution in [-0.4, -0.2) is 48.0 Å². The molecule has 0 aromatic carbocycles. The highest BCUT2D eigenvalue weighted by Gasteiger charge is 2.47. The maximum Gasteiger partial charge on any atom is 0.401 e. The van der Waals surface area contributed by atoms with Gasteiger partial charge >= 0.3 is 6.18 Å². The van der Waals surface area contributed by atoms with Crippen LogP contribution in [0, 0.1) is 6.92 Å². The largest absolute Gasteiger partial charge is 0.401 e. The van der Waals surface area contributed by atoms with E-state index in [1.165, 1.54) is 9.78 Å². The number of alkyl halides is 3. The Bertz CT molecular complexity index is 722. The number of piperidine rings is 1. The van der Waals surface area contributed by atoms with Crippen molar-refractivity contribution >= 4 is 17.2 Å². The van der Waals surface area contributed by atoms with Gasteiger partial charge in [-0.05, 0) is 37.6 Å². The van der Waals surface area contributed by atoms with E-state index in [9.17, 15) is 13.2 Å². The van der Waals surface area contributed by atoms with Crippen LogP contribution in [0.2, 0.25) is 0 Å². The van der Waals surface area contributed by atoms with Gasteiger partial charge in [0, 0.05) is 42.0 Å². The van der Waals surface area contributed by atoms with Crippen molar-refractivity contribution in [3.8, 4) is 0 Å². The fourth-order valence-corrected chi connectivity index (χ4v) is 4.91. The number of anilines is 1. The molecule has 2 fully saturated rings. The van der Waals surface area contributed by atoms with Crippen LogP contribution in [0.25, 0.3) is 0 Å². The number of nitrogens with zero attached hydrogens (tertiary/aromatic N) is 3. The van der Waals surface area contributed by atoms with Crippen LogP contribution in [-0.2, 0) is 0 Å². The summed E-state index contributed by atoms with van der Waals surface area (Å²) < 4.78 is 43.2. The van der Waals surface area contributed by atoms with Crippen molar-refractivity contribution in [2.75, 3.05) is 24.5 Å². The van der Waals surface area contributed by atoms with Crippen LogP contribution in [0.15, 0.2) is 28.1 Å². The second-order valence-corrected chi connectivity index (χ2v) is 8.23. The number of likely N-dealkylation sites (tertiary alicyclic amines) is 1. The summed E-state index contributed by atoms with van der Waals surface area (Å²) in [5.74, 6) is 2.06. The van der Waals surface area contributed by atoms with E-state index < -0.39 is 12.7 Å². The maximum absolute atomic E-state index is 12.6. The summed E-state index contributed by atoms with van der Waals surface area (Å²) in [6.07, 6.45) is -1.63. The van der Waals surface area contributed by atoms with E-state index in [1.54, 1.807) is 11.3 Å². The molecule has 8 heteroatoms. The van der Waals surface area contributed by atoms with Crippen molar-refractivity contribution in [3.05, 3.63) is 34.2 Å². The molecule has 1 aliphatic heterocycles. The van der Waals surface area contributed by atoms with Gasteiger partial charge < -0.3 is 9.42 Å². The van der Waals surface area contributed by atoms with E-state index in [0.29, 0.717) is 25.0 Å². The molecule has 1 saturated carbocycles. The predicted molar refractivity (Wildman–Crippen MR) is 94.7 cm³/mol. The topological polar surface area (TPSA) is 32.5 Å². The number of aromatic nitrogens is 1. The van der Waals surface area contributed by atoms with Gasteiger partial charge in [-0.25, -0.2) is 0 Å². The van der Waals surface area contributed by atoms with Crippen LogP contribution in [0.4, 0.5) is 19.0 Å².